The van der Waals surface area contributed by atoms with Gasteiger partial charge in [-0.05, 0) is 63.9 Å². The fourth-order valence-corrected chi connectivity index (χ4v) is 5.74. The molecule has 0 aliphatic rings. The number of sulfone groups is 1. The zero-order valence-electron chi connectivity index (χ0n) is 20.0. The van der Waals surface area contributed by atoms with E-state index < -0.39 is 22.0 Å². The number of aliphatic hydroxyl groups excluding tert-OH is 2. The van der Waals surface area contributed by atoms with Crippen molar-refractivity contribution in [2.45, 2.75) is 37.6 Å². The lowest BCUT2D eigenvalue weighted by Gasteiger charge is -2.15. The minimum Gasteiger partial charge on any atom is -0.389 e. The lowest BCUT2D eigenvalue weighted by Crippen LogP contribution is -2.06. The predicted octanol–water partition coefficient (Wildman–Crippen LogP) is 6.19. The smallest absolute Gasteiger partial charge is 0.151 e. The van der Waals surface area contributed by atoms with E-state index >= 15 is 0 Å². The molecule has 2 unspecified atom stereocenters. The van der Waals surface area contributed by atoms with Gasteiger partial charge in [-0.2, -0.15) is 11.8 Å². The summed E-state index contributed by atoms with van der Waals surface area (Å²) in [6, 6.07) is 23.8. The molecule has 0 heterocycles. The van der Waals surface area contributed by atoms with Crippen molar-refractivity contribution in [1.82, 2.24) is 0 Å². The lowest BCUT2D eigenvalue weighted by molar-refractivity contribution is 0.199. The minimum atomic E-state index is -3.11. The summed E-state index contributed by atoms with van der Waals surface area (Å²) in [5.74, 6) is 0.906. The number of benzene rings is 4. The maximum Gasteiger partial charge on any atom is 0.151 e. The molecule has 180 valence electrons. The maximum atomic E-state index is 11.4. The van der Waals surface area contributed by atoms with Crippen LogP contribution in [-0.2, 0) is 21.3 Å². The summed E-state index contributed by atoms with van der Waals surface area (Å²) < 4.78 is 22.9. The van der Waals surface area contributed by atoms with Gasteiger partial charge in [0.15, 0.2) is 9.84 Å². The third kappa shape index (κ3) is 6.39. The van der Waals surface area contributed by atoms with Crippen LogP contribution in [0.25, 0.3) is 21.5 Å². The molecule has 0 spiro atoms. The largest absolute Gasteiger partial charge is 0.389 e. The van der Waals surface area contributed by atoms with Crippen molar-refractivity contribution in [2.75, 3.05) is 12.5 Å². The van der Waals surface area contributed by atoms with Gasteiger partial charge >= 0.3 is 0 Å². The quantitative estimate of drug-likeness (QED) is 0.333. The van der Waals surface area contributed by atoms with Gasteiger partial charge in [0.2, 0.25) is 0 Å². The van der Waals surface area contributed by atoms with E-state index in [-0.39, 0.29) is 5.75 Å². The van der Waals surface area contributed by atoms with Gasteiger partial charge in [0.25, 0.3) is 0 Å². The second-order valence-electron chi connectivity index (χ2n) is 8.57. The summed E-state index contributed by atoms with van der Waals surface area (Å²) in [6.45, 7) is 3.50. The number of rotatable bonds is 6. The highest BCUT2D eigenvalue weighted by Gasteiger charge is 2.15. The molecule has 0 amide bonds. The van der Waals surface area contributed by atoms with Crippen molar-refractivity contribution in [2.24, 2.45) is 0 Å². The molecule has 4 aromatic rings. The second-order valence-corrected chi connectivity index (χ2v) is 11.6. The number of fused-ring (bicyclic) bond motifs is 2. The monoisotopic (exact) mass is 496 g/mol. The highest BCUT2D eigenvalue weighted by molar-refractivity contribution is 7.97. The van der Waals surface area contributed by atoms with Gasteiger partial charge in [-0.15, -0.1) is 0 Å². The molecule has 0 aliphatic carbocycles. The highest BCUT2D eigenvalue weighted by atomic mass is 32.2. The van der Waals surface area contributed by atoms with Gasteiger partial charge in [-0.25, -0.2) is 8.42 Å². The average molecular weight is 497 g/mol. The Morgan fingerprint density at radius 1 is 0.735 bits per heavy atom. The van der Waals surface area contributed by atoms with Gasteiger partial charge in [0.1, 0.15) is 0 Å². The summed E-state index contributed by atoms with van der Waals surface area (Å²) in [4.78, 5) is 0. The van der Waals surface area contributed by atoms with Gasteiger partial charge in [0.05, 0.1) is 18.0 Å². The Bertz CT molecular complexity index is 1380. The number of aliphatic hydroxyl groups is 2. The first-order chi connectivity index (χ1) is 16.1. The molecule has 0 aliphatic heterocycles. The van der Waals surface area contributed by atoms with E-state index in [1.807, 2.05) is 49.4 Å². The zero-order valence-corrected chi connectivity index (χ0v) is 21.7. The zero-order chi connectivity index (χ0) is 24.9. The number of thioether (sulfide) groups is 1. The van der Waals surface area contributed by atoms with Crippen LogP contribution < -0.4 is 0 Å². The molecule has 4 rings (SSSR count). The molecule has 4 nitrogen and oxygen atoms in total. The molecule has 0 aromatic heterocycles. The molecule has 0 fully saturated rings. The fourth-order valence-electron chi connectivity index (χ4n) is 4.36. The van der Waals surface area contributed by atoms with Gasteiger partial charge < -0.3 is 10.2 Å². The van der Waals surface area contributed by atoms with E-state index in [2.05, 4.69) is 30.5 Å². The van der Waals surface area contributed by atoms with Crippen molar-refractivity contribution < 1.29 is 18.6 Å². The molecular formula is C28H32O4S2. The summed E-state index contributed by atoms with van der Waals surface area (Å²) in [5.41, 5.74) is 3.69. The molecule has 0 bridgehead atoms. The van der Waals surface area contributed by atoms with Crippen LogP contribution in [0, 0.1) is 0 Å². The van der Waals surface area contributed by atoms with E-state index in [9.17, 15) is 18.6 Å². The number of hydrogen-bond donors (Lipinski definition) is 2. The Labute approximate surface area is 206 Å². The van der Waals surface area contributed by atoms with Gasteiger partial charge in [0, 0.05) is 12.0 Å². The Balaban J connectivity index is 0.000000192. The maximum absolute atomic E-state index is 11.4. The molecule has 0 saturated heterocycles. The molecule has 4 aromatic carbocycles. The lowest BCUT2D eigenvalue weighted by atomic mass is 9.96. The summed E-state index contributed by atoms with van der Waals surface area (Å²) in [5, 5.41) is 24.1. The van der Waals surface area contributed by atoms with E-state index in [1.165, 1.54) is 22.6 Å². The van der Waals surface area contributed by atoms with E-state index in [4.69, 9.17) is 0 Å². The molecule has 6 heteroatoms. The first-order valence-corrected chi connectivity index (χ1v) is 14.6. The Morgan fingerprint density at radius 3 is 1.62 bits per heavy atom. The van der Waals surface area contributed by atoms with Crippen molar-refractivity contribution in [3.63, 3.8) is 0 Å². The molecule has 2 atom stereocenters. The molecular weight excluding hydrogens is 464 g/mol. The summed E-state index contributed by atoms with van der Waals surface area (Å²) >= 11 is 1.78. The normalized spacial score (nSPS) is 13.4. The first-order valence-electron chi connectivity index (χ1n) is 11.2. The van der Waals surface area contributed by atoms with Crippen LogP contribution in [0.2, 0.25) is 0 Å². The highest BCUT2D eigenvalue weighted by Crippen LogP contribution is 2.30. The second kappa shape index (κ2) is 11.4. The van der Waals surface area contributed by atoms with Crippen LogP contribution in [0.15, 0.2) is 72.8 Å². The Kier molecular flexibility index (Phi) is 8.77. The van der Waals surface area contributed by atoms with E-state index in [0.717, 1.165) is 22.1 Å². The van der Waals surface area contributed by atoms with Crippen LogP contribution in [0.1, 0.15) is 48.3 Å². The SMILES string of the molecule is CC(O)c1c(CS(C)(=O)=O)ccc2ccccc12.CSCc1ccc2ccccc2c1C(C)O. The molecule has 2 N–H and O–H groups in total. The van der Waals surface area contributed by atoms with Crippen LogP contribution in [0.5, 0.6) is 0 Å². The Morgan fingerprint density at radius 2 is 1.18 bits per heavy atom. The molecule has 34 heavy (non-hydrogen) atoms. The van der Waals surface area contributed by atoms with Crippen molar-refractivity contribution in [3.05, 3.63) is 95.1 Å². The van der Waals surface area contributed by atoms with Crippen molar-refractivity contribution in [1.29, 1.82) is 0 Å². The third-order valence-electron chi connectivity index (χ3n) is 5.68. The van der Waals surface area contributed by atoms with E-state index in [1.54, 1.807) is 24.8 Å². The number of hydrogen-bond acceptors (Lipinski definition) is 5. The Hall–Kier alpha value is -2.38. The van der Waals surface area contributed by atoms with Crippen molar-refractivity contribution in [3.8, 4) is 0 Å². The van der Waals surface area contributed by atoms with Crippen LogP contribution in [-0.4, -0.2) is 31.1 Å². The predicted molar refractivity (Wildman–Crippen MR) is 145 cm³/mol. The standard InChI is InChI=1S/C14H16O3S.C14H16OS/c1-10(15)14-12(9-18(2,16)17)8-7-11-5-3-4-6-13(11)14;1-10(15)14-12(9-16-2)8-7-11-5-3-4-6-13(11)14/h3-8,10,15H,9H2,1-2H3;3-8,10,15H,9H2,1-2H3. The molecule has 0 saturated carbocycles. The van der Waals surface area contributed by atoms with Gasteiger partial charge in [-0.3, -0.25) is 0 Å². The third-order valence-corrected chi connectivity index (χ3v) is 7.11. The summed E-state index contributed by atoms with van der Waals surface area (Å²) in [6.07, 6.45) is 2.19. The van der Waals surface area contributed by atoms with E-state index in [0.29, 0.717) is 11.1 Å². The fraction of sp³-hybridized carbons (Fsp3) is 0.286. The minimum absolute atomic E-state index is 0.0436. The summed E-state index contributed by atoms with van der Waals surface area (Å²) in [7, 11) is -3.11. The van der Waals surface area contributed by atoms with Crippen LogP contribution >= 0.6 is 11.8 Å². The van der Waals surface area contributed by atoms with Crippen molar-refractivity contribution >= 4 is 43.1 Å². The van der Waals surface area contributed by atoms with Crippen LogP contribution in [0.4, 0.5) is 0 Å². The topological polar surface area (TPSA) is 74.6 Å². The average Bonchev–Trinajstić information content (AvgIpc) is 2.78. The first kappa shape index (κ1) is 26.2. The van der Waals surface area contributed by atoms with Crippen LogP contribution in [0.3, 0.4) is 0 Å². The van der Waals surface area contributed by atoms with Gasteiger partial charge in [-0.1, -0.05) is 72.8 Å². The molecule has 0 radical (unpaired) electrons.